The maximum Gasteiger partial charge on any atom is 0.208 e. The predicted molar refractivity (Wildman–Crippen MR) is 102 cm³/mol. The summed E-state index contributed by atoms with van der Waals surface area (Å²) in [5.41, 5.74) is 2.52. The highest BCUT2D eigenvalue weighted by molar-refractivity contribution is 8.14. The van der Waals surface area contributed by atoms with Crippen molar-refractivity contribution < 1.29 is 9.53 Å². The molecule has 0 radical (unpaired) electrons. The molecule has 0 unspecified atom stereocenters. The number of benzene rings is 2. The molecule has 124 valence electrons. The van der Waals surface area contributed by atoms with E-state index in [1.54, 1.807) is 7.11 Å². The Kier molecular flexibility index (Phi) is 7.09. The van der Waals surface area contributed by atoms with Crippen LogP contribution in [-0.4, -0.2) is 23.8 Å². The number of hydrogen-bond donors (Lipinski definition) is 0. The average molecular weight is 360 g/mol. The maximum absolute atomic E-state index is 11.6. The van der Waals surface area contributed by atoms with Gasteiger partial charge in [-0.2, -0.15) is 0 Å². The summed E-state index contributed by atoms with van der Waals surface area (Å²) in [6.45, 7) is 1.94. The van der Waals surface area contributed by atoms with Crippen molar-refractivity contribution in [3.8, 4) is 5.75 Å². The first-order valence-corrected chi connectivity index (χ1v) is 8.74. The Balaban J connectivity index is 2.42. The van der Waals surface area contributed by atoms with Gasteiger partial charge in [-0.15, -0.1) is 11.6 Å². The van der Waals surface area contributed by atoms with Crippen LogP contribution in [0.5, 0.6) is 5.75 Å². The van der Waals surface area contributed by atoms with E-state index in [2.05, 4.69) is 0 Å². The summed E-state index contributed by atoms with van der Waals surface area (Å²) in [5.74, 6) is 0.769. The molecule has 5 heteroatoms. The molecule has 0 bridgehead atoms. The Morgan fingerprint density at radius 1 is 1.21 bits per heavy atom. The molecular formula is C19H18ClNO2S. The van der Waals surface area contributed by atoms with Crippen LogP contribution in [0.3, 0.4) is 0 Å². The summed E-state index contributed by atoms with van der Waals surface area (Å²) in [5, 5.41) is -0.101. The standard InChI is InChI=1S/C19H18ClNO2S/c1-3-6-16(14-9-11-15(23-2)12-10-14)21-17-7-4-5-8-18(17)24-19(22)13-20/h3-12H,13H2,1-2H3/b6-3-,21-16?. The van der Waals surface area contributed by atoms with Gasteiger partial charge < -0.3 is 4.74 Å². The zero-order chi connectivity index (χ0) is 17.4. The average Bonchev–Trinajstić information content (AvgIpc) is 2.62. The maximum atomic E-state index is 11.6. The zero-order valence-electron chi connectivity index (χ0n) is 13.5. The third kappa shape index (κ3) is 4.98. The topological polar surface area (TPSA) is 38.7 Å². The summed E-state index contributed by atoms with van der Waals surface area (Å²) in [6.07, 6.45) is 3.87. The number of carbonyl (C=O) groups excluding carboxylic acids is 1. The molecule has 0 N–H and O–H groups in total. The fourth-order valence-electron chi connectivity index (χ4n) is 2.03. The lowest BCUT2D eigenvalue weighted by atomic mass is 10.1. The molecule has 24 heavy (non-hydrogen) atoms. The van der Waals surface area contributed by atoms with Crippen molar-refractivity contribution in [1.82, 2.24) is 0 Å². The van der Waals surface area contributed by atoms with E-state index in [-0.39, 0.29) is 11.0 Å². The Morgan fingerprint density at radius 3 is 2.54 bits per heavy atom. The minimum Gasteiger partial charge on any atom is -0.497 e. The van der Waals surface area contributed by atoms with E-state index in [1.165, 1.54) is 0 Å². The summed E-state index contributed by atoms with van der Waals surface area (Å²) in [4.78, 5) is 17.2. The van der Waals surface area contributed by atoms with Crippen LogP contribution in [0, 0.1) is 0 Å². The van der Waals surface area contributed by atoms with E-state index in [4.69, 9.17) is 21.3 Å². The van der Waals surface area contributed by atoms with Crippen molar-refractivity contribution >= 4 is 39.9 Å². The number of para-hydroxylation sites is 1. The molecule has 0 fully saturated rings. The van der Waals surface area contributed by atoms with Gasteiger partial charge in [0.25, 0.3) is 0 Å². The smallest absolute Gasteiger partial charge is 0.208 e. The first kappa shape index (κ1) is 18.3. The SMILES string of the molecule is C/C=C\C(=Nc1ccccc1SC(=O)CCl)c1ccc(OC)cc1. The molecule has 0 aliphatic heterocycles. The third-order valence-corrected chi connectivity index (χ3v) is 4.49. The van der Waals surface area contributed by atoms with Crippen molar-refractivity contribution in [2.45, 2.75) is 11.8 Å². The lowest BCUT2D eigenvalue weighted by Gasteiger charge is -2.07. The number of halogens is 1. The molecule has 0 amide bonds. The Labute approximate surface area is 151 Å². The fraction of sp³-hybridized carbons (Fsp3) is 0.158. The van der Waals surface area contributed by atoms with Crippen LogP contribution >= 0.6 is 23.4 Å². The number of methoxy groups -OCH3 is 1. The van der Waals surface area contributed by atoms with Crippen molar-refractivity contribution in [2.75, 3.05) is 13.0 Å². The number of allylic oxidation sites excluding steroid dienone is 2. The number of ether oxygens (including phenoxy) is 1. The quantitative estimate of drug-likeness (QED) is 0.401. The van der Waals surface area contributed by atoms with Crippen LogP contribution in [0.4, 0.5) is 5.69 Å². The van der Waals surface area contributed by atoms with Gasteiger partial charge in [0.1, 0.15) is 5.75 Å². The molecule has 0 heterocycles. The predicted octanol–water partition coefficient (Wildman–Crippen LogP) is 5.25. The fourth-order valence-corrected chi connectivity index (χ4v) is 2.86. The first-order valence-electron chi connectivity index (χ1n) is 7.39. The highest BCUT2D eigenvalue weighted by Gasteiger charge is 2.09. The Hall–Kier alpha value is -2.04. The minimum atomic E-state index is -0.101. The van der Waals surface area contributed by atoms with E-state index in [1.807, 2.05) is 67.6 Å². The summed E-state index contributed by atoms with van der Waals surface area (Å²) in [7, 11) is 1.64. The first-order chi connectivity index (χ1) is 11.7. The van der Waals surface area contributed by atoms with Gasteiger partial charge >= 0.3 is 0 Å². The van der Waals surface area contributed by atoms with Crippen molar-refractivity contribution in [3.63, 3.8) is 0 Å². The number of nitrogens with zero attached hydrogens (tertiary/aromatic N) is 1. The van der Waals surface area contributed by atoms with Gasteiger partial charge in [0.2, 0.25) is 5.12 Å². The number of aliphatic imine (C=N–C) groups is 1. The molecule has 0 aliphatic rings. The lowest BCUT2D eigenvalue weighted by Crippen LogP contribution is -1.97. The zero-order valence-corrected chi connectivity index (χ0v) is 15.1. The second-order valence-electron chi connectivity index (χ2n) is 4.80. The summed E-state index contributed by atoms with van der Waals surface area (Å²) < 4.78 is 5.19. The molecule has 2 aromatic carbocycles. The number of thioether (sulfide) groups is 1. The van der Waals surface area contributed by atoms with Crippen molar-refractivity contribution in [1.29, 1.82) is 0 Å². The van der Waals surface area contributed by atoms with Crippen LogP contribution < -0.4 is 4.74 Å². The van der Waals surface area contributed by atoms with Gasteiger partial charge in [0.05, 0.1) is 24.4 Å². The third-order valence-electron chi connectivity index (χ3n) is 3.15. The molecule has 0 spiro atoms. The molecule has 0 saturated heterocycles. The highest BCUT2D eigenvalue weighted by atomic mass is 35.5. The molecule has 0 aliphatic carbocycles. The monoisotopic (exact) mass is 359 g/mol. The van der Waals surface area contributed by atoms with E-state index < -0.39 is 0 Å². The Morgan fingerprint density at radius 2 is 1.92 bits per heavy atom. The van der Waals surface area contributed by atoms with Crippen LogP contribution in [0.1, 0.15) is 12.5 Å². The Bertz CT molecular complexity index is 754. The number of hydrogen-bond acceptors (Lipinski definition) is 4. The molecule has 0 saturated carbocycles. The molecule has 2 rings (SSSR count). The van der Waals surface area contributed by atoms with E-state index >= 15 is 0 Å². The van der Waals surface area contributed by atoms with Gasteiger partial charge in [-0.05, 0) is 61.2 Å². The molecule has 3 nitrogen and oxygen atoms in total. The molecule has 2 aromatic rings. The summed E-state index contributed by atoms with van der Waals surface area (Å²) >= 11 is 6.71. The second-order valence-corrected chi connectivity index (χ2v) is 6.17. The van der Waals surface area contributed by atoms with Crippen molar-refractivity contribution in [2.24, 2.45) is 4.99 Å². The van der Waals surface area contributed by atoms with Crippen LogP contribution in [0.2, 0.25) is 0 Å². The largest absolute Gasteiger partial charge is 0.497 e. The van der Waals surface area contributed by atoms with E-state index in [9.17, 15) is 4.79 Å². The number of rotatable bonds is 6. The number of alkyl halides is 1. The van der Waals surface area contributed by atoms with Crippen LogP contribution in [0.15, 0.2) is 70.6 Å². The highest BCUT2D eigenvalue weighted by Crippen LogP contribution is 2.31. The van der Waals surface area contributed by atoms with Crippen LogP contribution in [-0.2, 0) is 4.79 Å². The van der Waals surface area contributed by atoms with Gasteiger partial charge in [-0.25, -0.2) is 4.99 Å². The van der Waals surface area contributed by atoms with Gasteiger partial charge in [0.15, 0.2) is 0 Å². The van der Waals surface area contributed by atoms with Gasteiger partial charge in [0, 0.05) is 10.5 Å². The van der Waals surface area contributed by atoms with Crippen LogP contribution in [0.25, 0.3) is 0 Å². The van der Waals surface area contributed by atoms with Gasteiger partial charge in [-0.3, -0.25) is 4.79 Å². The molecular weight excluding hydrogens is 342 g/mol. The van der Waals surface area contributed by atoms with E-state index in [0.717, 1.165) is 39.4 Å². The number of carbonyl (C=O) groups is 1. The minimum absolute atomic E-state index is 0.0249. The lowest BCUT2D eigenvalue weighted by molar-refractivity contribution is -0.108. The second kappa shape index (κ2) is 9.30. The van der Waals surface area contributed by atoms with Gasteiger partial charge in [-0.1, -0.05) is 18.2 Å². The van der Waals surface area contributed by atoms with Crippen molar-refractivity contribution in [3.05, 3.63) is 66.2 Å². The van der Waals surface area contributed by atoms with E-state index in [0.29, 0.717) is 0 Å². The molecule has 0 aromatic heterocycles. The normalized spacial score (nSPS) is 11.7. The molecule has 0 atom stereocenters. The summed E-state index contributed by atoms with van der Waals surface area (Å²) in [6, 6.07) is 15.2.